The Labute approximate surface area is 288 Å². The zero-order valence-electron chi connectivity index (χ0n) is 28.4. The second kappa shape index (κ2) is 13.8. The van der Waals surface area contributed by atoms with Crippen LogP contribution in [0.3, 0.4) is 0 Å². The molecule has 2 fully saturated rings. The summed E-state index contributed by atoms with van der Waals surface area (Å²) in [5, 5.41) is 17.3. The minimum atomic E-state index is -4.84. The van der Waals surface area contributed by atoms with Gasteiger partial charge in [0.1, 0.15) is 17.6 Å². The number of carboxylic acids is 1. The number of rotatable bonds is 10. The highest BCUT2D eigenvalue weighted by Crippen LogP contribution is 2.46. The monoisotopic (exact) mass is 693 g/mol. The highest BCUT2D eigenvalue weighted by Gasteiger charge is 2.50. The number of anilines is 2. The number of carboxylic acid groups (broad SMARTS) is 1. The number of nitrogens with two attached hydrogens (primary N) is 1. The van der Waals surface area contributed by atoms with Gasteiger partial charge in [-0.15, -0.1) is 0 Å². The highest BCUT2D eigenvalue weighted by atomic mass is 19.4. The molecule has 2 saturated heterocycles. The standard InChI is InChI=1S/C36H42F3N7O4/c1-5-29-35(20-27(41-29)33(47)48)13-16-45(17-14-35)30-19-31(43-34(40)42-30)50-32(36(37,38)39)26-11-8-24(18-28(26)46-15-12-22(4)44-46)23-6-9-25(10-7-23)49-21(2)3/h6-12,15,18-19,21,27,29,32,41H,5,13-14,16-17,20H2,1-4H3,(H,47,48)(H2,40,42,43)/t27?,29?,32-/m1/s1. The van der Waals surface area contributed by atoms with E-state index >= 15 is 0 Å². The lowest BCUT2D eigenvalue weighted by Crippen LogP contribution is -2.46. The third kappa shape index (κ3) is 7.35. The fraction of sp³-hybridized carbons (Fsp3) is 0.444. The van der Waals surface area contributed by atoms with E-state index in [-0.39, 0.29) is 40.6 Å². The van der Waals surface area contributed by atoms with Gasteiger partial charge in [0.25, 0.3) is 0 Å². The van der Waals surface area contributed by atoms with E-state index in [0.717, 1.165) is 12.0 Å². The van der Waals surface area contributed by atoms with Gasteiger partial charge >= 0.3 is 12.1 Å². The van der Waals surface area contributed by atoms with Gasteiger partial charge in [-0.25, -0.2) is 4.68 Å². The van der Waals surface area contributed by atoms with Crippen molar-refractivity contribution in [2.24, 2.45) is 5.41 Å². The predicted molar refractivity (Wildman–Crippen MR) is 183 cm³/mol. The van der Waals surface area contributed by atoms with Gasteiger partial charge in [0.15, 0.2) is 0 Å². The van der Waals surface area contributed by atoms with E-state index in [4.69, 9.17) is 15.2 Å². The summed E-state index contributed by atoms with van der Waals surface area (Å²) in [7, 11) is 0. The van der Waals surface area contributed by atoms with Crippen LogP contribution in [0.1, 0.15) is 63.8 Å². The number of aliphatic carboxylic acids is 1. The summed E-state index contributed by atoms with van der Waals surface area (Å²) in [6, 6.07) is 14.6. The Hall–Kier alpha value is -4.85. The number of nitrogens with one attached hydrogen (secondary N) is 1. The molecule has 266 valence electrons. The molecule has 2 aromatic heterocycles. The highest BCUT2D eigenvalue weighted by molar-refractivity contribution is 5.74. The van der Waals surface area contributed by atoms with Gasteiger partial charge in [-0.2, -0.15) is 28.2 Å². The van der Waals surface area contributed by atoms with E-state index in [1.165, 1.54) is 16.8 Å². The summed E-state index contributed by atoms with van der Waals surface area (Å²) >= 11 is 0. The maximum atomic E-state index is 14.9. The number of alkyl halides is 3. The van der Waals surface area contributed by atoms with Gasteiger partial charge in [-0.05, 0) is 87.3 Å². The van der Waals surface area contributed by atoms with Crippen LogP contribution in [-0.2, 0) is 4.79 Å². The molecule has 6 rings (SSSR count). The van der Waals surface area contributed by atoms with Crippen molar-refractivity contribution < 1.29 is 32.5 Å². The Morgan fingerprint density at radius 2 is 1.76 bits per heavy atom. The van der Waals surface area contributed by atoms with Crippen molar-refractivity contribution in [3.05, 3.63) is 72.1 Å². The van der Waals surface area contributed by atoms with Gasteiger partial charge in [0.05, 0.1) is 17.5 Å². The molecular formula is C36H42F3N7O4. The number of nitrogens with zero attached hydrogens (tertiary/aromatic N) is 5. The number of carbonyl (C=O) groups is 1. The lowest BCUT2D eigenvalue weighted by atomic mass is 9.71. The Balaban J connectivity index is 1.29. The number of nitrogen functional groups attached to an aromatic ring is 1. The Bertz CT molecular complexity index is 1820. The number of piperidine rings is 1. The second-order valence-electron chi connectivity index (χ2n) is 13.4. The predicted octanol–water partition coefficient (Wildman–Crippen LogP) is 6.50. The lowest BCUT2D eigenvalue weighted by molar-refractivity contribution is -0.198. The summed E-state index contributed by atoms with van der Waals surface area (Å²) in [4.78, 5) is 22.0. The lowest BCUT2D eigenvalue weighted by Gasteiger charge is -2.43. The van der Waals surface area contributed by atoms with E-state index in [1.807, 2.05) is 49.9 Å². The molecule has 4 aromatic rings. The molecule has 1 spiro atoms. The zero-order valence-corrected chi connectivity index (χ0v) is 28.4. The van der Waals surface area contributed by atoms with Crippen LogP contribution in [0.4, 0.5) is 24.9 Å². The molecule has 2 aliphatic heterocycles. The van der Waals surface area contributed by atoms with Crippen LogP contribution in [0.15, 0.2) is 60.8 Å². The van der Waals surface area contributed by atoms with Crippen LogP contribution in [0.5, 0.6) is 11.6 Å². The first-order valence-electron chi connectivity index (χ1n) is 16.8. The first kappa shape index (κ1) is 35.0. The van der Waals surface area contributed by atoms with Gasteiger partial charge < -0.3 is 30.5 Å². The molecule has 2 aromatic carbocycles. The number of benzene rings is 2. The van der Waals surface area contributed by atoms with Gasteiger partial charge in [-0.1, -0.05) is 31.2 Å². The maximum absolute atomic E-state index is 14.9. The molecule has 14 heteroatoms. The number of halogens is 3. The number of aryl methyl sites for hydroxylation is 1. The number of hydrogen-bond acceptors (Lipinski definition) is 9. The number of hydrogen-bond donors (Lipinski definition) is 3. The summed E-state index contributed by atoms with van der Waals surface area (Å²) in [6.45, 7) is 8.70. The van der Waals surface area contributed by atoms with Crippen molar-refractivity contribution in [1.29, 1.82) is 0 Å². The first-order chi connectivity index (χ1) is 23.7. The zero-order chi connectivity index (χ0) is 35.8. The molecule has 2 aliphatic rings. The molecule has 4 N–H and O–H groups in total. The van der Waals surface area contributed by atoms with Crippen LogP contribution >= 0.6 is 0 Å². The third-order valence-corrected chi connectivity index (χ3v) is 9.63. The summed E-state index contributed by atoms with van der Waals surface area (Å²) in [5.41, 5.74) is 7.99. The largest absolute Gasteiger partial charge is 0.491 e. The van der Waals surface area contributed by atoms with Gasteiger partial charge in [0, 0.05) is 37.0 Å². The van der Waals surface area contributed by atoms with Crippen molar-refractivity contribution in [3.8, 4) is 28.4 Å². The van der Waals surface area contributed by atoms with Crippen molar-refractivity contribution >= 4 is 17.7 Å². The molecular weight excluding hydrogens is 651 g/mol. The molecule has 4 heterocycles. The molecule has 3 atom stereocenters. The minimum absolute atomic E-state index is 0.000958. The van der Waals surface area contributed by atoms with Crippen molar-refractivity contribution in [2.75, 3.05) is 23.7 Å². The number of ether oxygens (including phenoxy) is 2. The Morgan fingerprint density at radius 1 is 1.06 bits per heavy atom. The van der Waals surface area contributed by atoms with Gasteiger partial charge in [0.2, 0.25) is 17.9 Å². The molecule has 50 heavy (non-hydrogen) atoms. The Kier molecular flexibility index (Phi) is 9.67. The van der Waals surface area contributed by atoms with Crippen LogP contribution in [-0.4, -0.2) is 68.3 Å². The van der Waals surface area contributed by atoms with Crippen LogP contribution < -0.4 is 25.4 Å². The topological polar surface area (TPSA) is 141 Å². The molecule has 0 saturated carbocycles. The summed E-state index contributed by atoms with van der Waals surface area (Å²) in [6.07, 6.45) is -2.93. The molecule has 0 aliphatic carbocycles. The summed E-state index contributed by atoms with van der Waals surface area (Å²) in [5.74, 6) is -0.364. The third-order valence-electron chi connectivity index (χ3n) is 9.63. The average Bonchev–Trinajstić information content (AvgIpc) is 3.66. The molecule has 0 amide bonds. The van der Waals surface area contributed by atoms with E-state index in [9.17, 15) is 23.1 Å². The normalized spacial score (nSPS) is 19.6. The molecule has 2 unspecified atom stereocenters. The van der Waals surface area contributed by atoms with E-state index < -0.39 is 24.3 Å². The molecule has 0 radical (unpaired) electrons. The fourth-order valence-corrected chi connectivity index (χ4v) is 7.24. The van der Waals surface area contributed by atoms with E-state index in [0.29, 0.717) is 55.2 Å². The van der Waals surface area contributed by atoms with Gasteiger partial charge in [-0.3, -0.25) is 4.79 Å². The average molecular weight is 694 g/mol. The summed E-state index contributed by atoms with van der Waals surface area (Å²) < 4.78 is 57.7. The van der Waals surface area contributed by atoms with E-state index in [2.05, 4.69) is 20.4 Å². The smallest absolute Gasteiger partial charge is 0.429 e. The van der Waals surface area contributed by atoms with Crippen LogP contribution in [0.25, 0.3) is 16.8 Å². The van der Waals surface area contributed by atoms with E-state index in [1.54, 1.807) is 31.3 Å². The number of aromatic nitrogens is 4. The quantitative estimate of drug-likeness (QED) is 0.169. The van der Waals surface area contributed by atoms with Crippen molar-refractivity contribution in [1.82, 2.24) is 25.1 Å². The Morgan fingerprint density at radius 3 is 2.36 bits per heavy atom. The SMILES string of the molecule is CCC1NC(C(=O)O)CC12CCN(c1cc(O[C@H](c3ccc(-c4ccc(OC(C)C)cc4)cc3-n3ccc(C)n3)C(F)(F)F)nc(N)n1)CC2. The van der Waals surface area contributed by atoms with Crippen molar-refractivity contribution in [2.45, 2.75) is 83.8 Å². The minimum Gasteiger partial charge on any atom is -0.491 e. The molecule has 11 nitrogen and oxygen atoms in total. The molecule has 0 bridgehead atoms. The first-order valence-corrected chi connectivity index (χ1v) is 16.8. The second-order valence-corrected chi connectivity index (χ2v) is 13.4. The fourth-order valence-electron chi connectivity index (χ4n) is 7.24. The van der Waals surface area contributed by atoms with Crippen molar-refractivity contribution in [3.63, 3.8) is 0 Å². The van der Waals surface area contributed by atoms with Crippen LogP contribution in [0, 0.1) is 12.3 Å². The maximum Gasteiger partial charge on any atom is 0.429 e. The van der Waals surface area contributed by atoms with Crippen LogP contribution in [0.2, 0.25) is 0 Å².